The fourth-order valence-electron chi connectivity index (χ4n) is 0.371. The lowest BCUT2D eigenvalue weighted by Crippen LogP contribution is -2.08. The van der Waals surface area contributed by atoms with Crippen LogP contribution in [0.25, 0.3) is 0 Å². The minimum atomic E-state index is -0.722. The van der Waals surface area contributed by atoms with Crippen molar-refractivity contribution in [2.75, 3.05) is 13.2 Å². The molecule has 0 spiro atoms. The molecule has 0 unspecified atom stereocenters. The van der Waals surface area contributed by atoms with Crippen LogP contribution in [0.15, 0.2) is 12.2 Å². The number of carbonyl (C=O) groups is 3. The van der Waals surface area contributed by atoms with Gasteiger partial charge in [-0.25, -0.2) is 4.79 Å². The van der Waals surface area contributed by atoms with Crippen LogP contribution < -0.4 is 0 Å². The maximum Gasteiger partial charge on any atom is 0.333 e. The zero-order valence-electron chi connectivity index (χ0n) is 8.66. The maximum absolute atomic E-state index is 10.5. The number of esters is 1. The van der Waals surface area contributed by atoms with E-state index in [-0.39, 0.29) is 19.6 Å². The van der Waals surface area contributed by atoms with Crippen LogP contribution in [-0.4, -0.2) is 34.8 Å². The SMILES string of the molecule is C=C(C)C(=O)OCCO.O=C(Cl)CC(=O)Cl. The van der Waals surface area contributed by atoms with Gasteiger partial charge >= 0.3 is 5.97 Å². The fourth-order valence-corrected chi connectivity index (χ4v) is 0.682. The predicted octanol–water partition coefficient (Wildman–Crippen LogP) is 1.01. The van der Waals surface area contributed by atoms with E-state index in [0.717, 1.165) is 0 Å². The average molecular weight is 271 g/mol. The molecule has 92 valence electrons. The van der Waals surface area contributed by atoms with E-state index < -0.39 is 16.5 Å². The van der Waals surface area contributed by atoms with E-state index in [1.807, 2.05) is 0 Å². The number of ether oxygens (including phenoxy) is 1. The first-order valence-corrected chi connectivity index (χ1v) is 4.87. The van der Waals surface area contributed by atoms with E-state index in [2.05, 4.69) is 11.3 Å². The van der Waals surface area contributed by atoms with E-state index in [4.69, 9.17) is 28.3 Å². The van der Waals surface area contributed by atoms with Crippen LogP contribution in [0.1, 0.15) is 13.3 Å². The summed E-state index contributed by atoms with van der Waals surface area (Å²) in [7, 11) is 0. The zero-order chi connectivity index (χ0) is 13.1. The summed E-state index contributed by atoms with van der Waals surface area (Å²) in [5, 5.41) is 6.75. The van der Waals surface area contributed by atoms with Crippen LogP contribution in [0.5, 0.6) is 0 Å². The highest BCUT2D eigenvalue weighted by molar-refractivity contribution is 6.72. The number of aliphatic hydroxyl groups excluding tert-OH is 1. The highest BCUT2D eigenvalue weighted by atomic mass is 35.5. The monoisotopic (exact) mass is 270 g/mol. The molecule has 0 aliphatic carbocycles. The Balaban J connectivity index is 0. The van der Waals surface area contributed by atoms with Gasteiger partial charge in [0, 0.05) is 5.57 Å². The van der Waals surface area contributed by atoms with Crippen LogP contribution in [-0.2, 0) is 19.1 Å². The van der Waals surface area contributed by atoms with Gasteiger partial charge in [0.1, 0.15) is 6.61 Å². The number of carbonyl (C=O) groups excluding carboxylic acids is 3. The topological polar surface area (TPSA) is 80.7 Å². The van der Waals surface area contributed by atoms with Crippen LogP contribution >= 0.6 is 23.2 Å². The number of hydrogen-bond acceptors (Lipinski definition) is 5. The number of aliphatic hydroxyl groups is 1. The third kappa shape index (κ3) is 15.6. The van der Waals surface area contributed by atoms with Gasteiger partial charge in [0.2, 0.25) is 10.5 Å². The number of hydrogen-bond donors (Lipinski definition) is 1. The second-order valence-corrected chi connectivity index (χ2v) is 3.37. The quantitative estimate of drug-likeness (QED) is 0.349. The van der Waals surface area contributed by atoms with E-state index in [9.17, 15) is 14.4 Å². The van der Waals surface area contributed by atoms with E-state index >= 15 is 0 Å². The molecule has 0 amide bonds. The van der Waals surface area contributed by atoms with Crippen LogP contribution in [0.3, 0.4) is 0 Å². The normalized spacial score (nSPS) is 8.50. The smallest absolute Gasteiger partial charge is 0.333 e. The Kier molecular flexibility index (Phi) is 11.6. The van der Waals surface area contributed by atoms with Crippen molar-refractivity contribution >= 4 is 39.7 Å². The lowest BCUT2D eigenvalue weighted by atomic mass is 10.4. The van der Waals surface area contributed by atoms with Gasteiger partial charge in [0.15, 0.2) is 0 Å². The first-order valence-electron chi connectivity index (χ1n) is 4.11. The van der Waals surface area contributed by atoms with E-state index in [1.165, 1.54) is 0 Å². The van der Waals surface area contributed by atoms with Crippen molar-refractivity contribution in [3.63, 3.8) is 0 Å². The van der Waals surface area contributed by atoms with Gasteiger partial charge in [-0.2, -0.15) is 0 Å². The first-order chi connectivity index (χ1) is 7.31. The molecule has 0 aromatic carbocycles. The zero-order valence-corrected chi connectivity index (χ0v) is 10.2. The van der Waals surface area contributed by atoms with Gasteiger partial charge in [-0.15, -0.1) is 0 Å². The fraction of sp³-hybridized carbons (Fsp3) is 0.444. The van der Waals surface area contributed by atoms with Gasteiger partial charge in [0.05, 0.1) is 13.0 Å². The third-order valence-corrected chi connectivity index (χ3v) is 1.22. The number of rotatable bonds is 5. The van der Waals surface area contributed by atoms with Gasteiger partial charge in [-0.1, -0.05) is 6.58 Å². The third-order valence-electron chi connectivity index (χ3n) is 0.951. The van der Waals surface area contributed by atoms with Crippen molar-refractivity contribution in [2.24, 2.45) is 0 Å². The highest BCUT2D eigenvalue weighted by Gasteiger charge is 2.00. The van der Waals surface area contributed by atoms with E-state index in [1.54, 1.807) is 6.92 Å². The Morgan fingerprint density at radius 1 is 1.25 bits per heavy atom. The van der Waals surface area contributed by atoms with Gasteiger partial charge in [0.25, 0.3) is 0 Å². The van der Waals surface area contributed by atoms with Crippen molar-refractivity contribution in [1.29, 1.82) is 0 Å². The molecular formula is C9H12Cl2O5. The molecule has 0 radical (unpaired) electrons. The summed E-state index contributed by atoms with van der Waals surface area (Å²) >= 11 is 9.46. The molecule has 7 heteroatoms. The summed E-state index contributed by atoms with van der Waals surface area (Å²) in [6, 6.07) is 0. The van der Waals surface area contributed by atoms with Crippen molar-refractivity contribution in [3.8, 4) is 0 Å². The average Bonchev–Trinajstić information content (AvgIpc) is 2.12. The molecule has 0 aromatic rings. The molecule has 0 fully saturated rings. The summed E-state index contributed by atoms with van der Waals surface area (Å²) in [6.07, 6.45) is -0.386. The largest absolute Gasteiger partial charge is 0.460 e. The van der Waals surface area contributed by atoms with Gasteiger partial charge in [-0.3, -0.25) is 9.59 Å². The Morgan fingerprint density at radius 3 is 1.88 bits per heavy atom. The molecule has 0 bridgehead atoms. The molecule has 0 aromatic heterocycles. The minimum Gasteiger partial charge on any atom is -0.460 e. The first kappa shape index (κ1) is 17.5. The molecule has 16 heavy (non-hydrogen) atoms. The number of halogens is 2. The Bertz CT molecular complexity index is 263. The van der Waals surface area contributed by atoms with Gasteiger partial charge in [-0.05, 0) is 30.1 Å². The van der Waals surface area contributed by atoms with Crippen LogP contribution in [0.4, 0.5) is 0 Å². The molecule has 0 heterocycles. The van der Waals surface area contributed by atoms with Crippen LogP contribution in [0.2, 0.25) is 0 Å². The lowest BCUT2D eigenvalue weighted by molar-refractivity contribution is -0.139. The lowest BCUT2D eigenvalue weighted by Gasteiger charge is -1.99. The van der Waals surface area contributed by atoms with E-state index in [0.29, 0.717) is 5.57 Å². The summed E-state index contributed by atoms with van der Waals surface area (Å²) in [6.45, 7) is 4.81. The van der Waals surface area contributed by atoms with Crippen molar-refractivity contribution in [1.82, 2.24) is 0 Å². The molecule has 0 aliphatic rings. The van der Waals surface area contributed by atoms with Gasteiger partial charge < -0.3 is 9.84 Å². The second kappa shape index (κ2) is 10.6. The molecule has 5 nitrogen and oxygen atoms in total. The highest BCUT2D eigenvalue weighted by Crippen LogP contribution is 1.92. The molecule has 0 rings (SSSR count). The molecule has 0 aliphatic heterocycles. The molecule has 0 saturated heterocycles. The van der Waals surface area contributed by atoms with Crippen molar-refractivity contribution in [2.45, 2.75) is 13.3 Å². The Hall–Kier alpha value is -0.910. The second-order valence-electron chi connectivity index (χ2n) is 2.53. The molecular weight excluding hydrogens is 259 g/mol. The predicted molar refractivity (Wildman–Crippen MR) is 59.2 cm³/mol. The molecule has 0 saturated carbocycles. The van der Waals surface area contributed by atoms with Crippen LogP contribution in [0, 0.1) is 0 Å². The summed E-state index contributed by atoms with van der Waals surface area (Å²) in [4.78, 5) is 29.9. The maximum atomic E-state index is 10.5. The molecule has 1 N–H and O–H groups in total. The molecule has 0 atom stereocenters. The summed E-state index contributed by atoms with van der Waals surface area (Å²) in [5.74, 6) is -0.455. The Labute approximate surface area is 103 Å². The van der Waals surface area contributed by atoms with Crippen molar-refractivity contribution < 1.29 is 24.2 Å². The summed E-state index contributed by atoms with van der Waals surface area (Å²) in [5.41, 5.74) is 0.350. The standard InChI is InChI=1S/C6H10O3.C3H2Cl2O2/c1-5(2)6(8)9-4-3-7;4-2(6)1-3(5)7/h7H,1,3-4H2,2H3;1H2. The Morgan fingerprint density at radius 2 is 1.69 bits per heavy atom. The van der Waals surface area contributed by atoms with Crippen molar-refractivity contribution in [3.05, 3.63) is 12.2 Å². The summed E-state index contributed by atoms with van der Waals surface area (Å²) < 4.78 is 4.46. The minimum absolute atomic E-state index is 0.0473.